The molecule has 0 aliphatic heterocycles. The van der Waals surface area contributed by atoms with Crippen LogP contribution in [0.2, 0.25) is 0 Å². The van der Waals surface area contributed by atoms with E-state index in [4.69, 9.17) is 9.97 Å². The summed E-state index contributed by atoms with van der Waals surface area (Å²) in [6.07, 6.45) is 0. The molecule has 10 aromatic carbocycles. The maximum absolute atomic E-state index is 5.56. The van der Waals surface area contributed by atoms with Gasteiger partial charge in [0.2, 0.25) is 0 Å². The molecule has 6 heterocycles. The van der Waals surface area contributed by atoms with Crippen LogP contribution < -0.4 is 0 Å². The molecule has 0 atom stereocenters. The average Bonchev–Trinajstić information content (AvgIpc) is 4.04. The van der Waals surface area contributed by atoms with Gasteiger partial charge in [0.05, 0.1) is 38.9 Å². The molecule has 4 heteroatoms. The van der Waals surface area contributed by atoms with E-state index < -0.39 is 5.41 Å². The van der Waals surface area contributed by atoms with Gasteiger partial charge in [-0.25, -0.2) is 9.97 Å². The zero-order valence-electron chi connectivity index (χ0n) is 45.2. The summed E-state index contributed by atoms with van der Waals surface area (Å²) in [5.41, 5.74) is 30.0. The molecule has 0 unspecified atom stereocenters. The van der Waals surface area contributed by atoms with Gasteiger partial charge in [-0.2, -0.15) is 0 Å². The van der Waals surface area contributed by atoms with Crippen molar-refractivity contribution in [3.63, 3.8) is 0 Å². The molecular formula is C78H50N4. The Morgan fingerprint density at radius 2 is 0.720 bits per heavy atom. The van der Waals surface area contributed by atoms with Crippen LogP contribution in [0.4, 0.5) is 0 Å². The molecule has 4 nitrogen and oxygen atoms in total. The maximum atomic E-state index is 5.56. The van der Waals surface area contributed by atoms with E-state index in [9.17, 15) is 0 Å². The summed E-state index contributed by atoms with van der Waals surface area (Å²) in [6, 6.07) is 99.4. The van der Waals surface area contributed by atoms with Crippen molar-refractivity contribution in [3.8, 4) is 78.1 Å². The monoisotopic (exact) mass is 1040 g/mol. The zero-order valence-corrected chi connectivity index (χ0v) is 45.2. The standard InChI is InChI=1S/C78H50N4/c1-77(2)65-27-16-15-26-57(65)58-35-30-51(42-66(58)77)49-34-39-62-64(41-49)76-74(48-20-9-4-10-21-48)80-72-46-54(45-70(62)82(72)76)53-32-37-60-59-36-31-52(43-67(59)78(68(60)44-53,55-22-11-5-12-23-55)56-24-13-6-14-25-56)50-33-38-61-63(40-50)75-73(47-18-7-3-8-19-47)79-71-29-17-28-69(61)81(71)75/h3-46H,1-2H3. The first-order chi connectivity index (χ1) is 40.4. The van der Waals surface area contributed by atoms with Crippen molar-refractivity contribution in [2.75, 3.05) is 0 Å². The van der Waals surface area contributed by atoms with Gasteiger partial charge in [-0.1, -0.05) is 226 Å². The van der Waals surface area contributed by atoms with Crippen molar-refractivity contribution in [2.45, 2.75) is 24.7 Å². The molecule has 0 amide bonds. The van der Waals surface area contributed by atoms with Gasteiger partial charge in [0.15, 0.2) is 0 Å². The van der Waals surface area contributed by atoms with Crippen LogP contribution in [0.1, 0.15) is 47.2 Å². The maximum Gasteiger partial charge on any atom is 0.139 e. The van der Waals surface area contributed by atoms with E-state index in [1.807, 2.05) is 0 Å². The van der Waals surface area contributed by atoms with E-state index in [0.29, 0.717) is 0 Å². The first-order valence-corrected chi connectivity index (χ1v) is 28.5. The number of imidazole rings is 2. The van der Waals surface area contributed by atoms with E-state index in [0.717, 1.165) is 61.5 Å². The Bertz CT molecular complexity index is 5240. The van der Waals surface area contributed by atoms with Crippen molar-refractivity contribution in [1.82, 2.24) is 18.8 Å². The van der Waals surface area contributed by atoms with Crippen LogP contribution in [-0.2, 0) is 10.8 Å². The van der Waals surface area contributed by atoms with Gasteiger partial charge in [0.25, 0.3) is 0 Å². The quantitative estimate of drug-likeness (QED) is 0.159. The summed E-state index contributed by atoms with van der Waals surface area (Å²) in [5.74, 6) is 0. The zero-order chi connectivity index (χ0) is 54.0. The SMILES string of the molecule is CC1(C)c2ccccc2-c2ccc(-c3ccc4c(c3)c3c(-c5ccccc5)nc5cc(-c6ccc7c(c6)C(c6ccccc6)(c6ccccc6)c6cc(-c8ccc9c(c8)c8c(-c%10ccccc%10)nc%10cccc9n%108)ccc6-7)cc4n53)cc21. The minimum atomic E-state index is -0.634. The van der Waals surface area contributed by atoms with Gasteiger partial charge in [-0.15, -0.1) is 0 Å². The number of aromatic nitrogens is 4. The number of nitrogens with zero attached hydrogens (tertiary/aromatic N) is 4. The fourth-order valence-corrected chi connectivity index (χ4v) is 14.9. The Morgan fingerprint density at radius 1 is 0.280 bits per heavy atom. The van der Waals surface area contributed by atoms with Crippen LogP contribution in [-0.4, -0.2) is 18.8 Å². The highest BCUT2D eigenvalue weighted by molar-refractivity contribution is 6.17. The smallest absolute Gasteiger partial charge is 0.139 e. The Morgan fingerprint density at radius 3 is 1.30 bits per heavy atom. The number of hydrogen-bond donors (Lipinski definition) is 0. The molecule has 0 bridgehead atoms. The minimum Gasteiger partial charge on any atom is -0.292 e. The van der Waals surface area contributed by atoms with Crippen molar-refractivity contribution in [2.24, 2.45) is 0 Å². The summed E-state index contributed by atoms with van der Waals surface area (Å²) in [6.45, 7) is 4.72. The van der Waals surface area contributed by atoms with Crippen molar-refractivity contribution in [3.05, 3.63) is 300 Å². The molecule has 16 aromatic rings. The van der Waals surface area contributed by atoms with Crippen LogP contribution in [0.5, 0.6) is 0 Å². The average molecular weight is 1040 g/mol. The third-order valence-electron chi connectivity index (χ3n) is 18.7. The summed E-state index contributed by atoms with van der Waals surface area (Å²) < 4.78 is 4.74. The normalized spacial score (nSPS) is 13.9. The van der Waals surface area contributed by atoms with Gasteiger partial charge in [0, 0.05) is 38.1 Å². The first-order valence-electron chi connectivity index (χ1n) is 28.5. The molecule has 0 fully saturated rings. The van der Waals surface area contributed by atoms with Crippen LogP contribution in [0, 0.1) is 0 Å². The lowest BCUT2D eigenvalue weighted by Crippen LogP contribution is -2.28. The van der Waals surface area contributed by atoms with E-state index in [2.05, 4.69) is 290 Å². The summed E-state index contributed by atoms with van der Waals surface area (Å²) in [7, 11) is 0. The van der Waals surface area contributed by atoms with Gasteiger partial charge in [-0.3, -0.25) is 8.80 Å². The van der Waals surface area contributed by atoms with E-state index in [1.165, 1.54) is 105 Å². The molecule has 0 saturated carbocycles. The van der Waals surface area contributed by atoms with Crippen molar-refractivity contribution < 1.29 is 0 Å². The number of pyridine rings is 2. The molecule has 0 radical (unpaired) electrons. The van der Waals surface area contributed by atoms with Crippen LogP contribution in [0.15, 0.2) is 267 Å². The Hall–Kier alpha value is -10.4. The topological polar surface area (TPSA) is 34.6 Å². The molecule has 0 saturated heterocycles. The van der Waals surface area contributed by atoms with Crippen LogP contribution in [0.3, 0.4) is 0 Å². The van der Waals surface area contributed by atoms with E-state index in [-0.39, 0.29) is 5.41 Å². The first kappa shape index (κ1) is 45.4. The minimum absolute atomic E-state index is 0.0890. The van der Waals surface area contributed by atoms with Gasteiger partial charge in [0.1, 0.15) is 11.3 Å². The van der Waals surface area contributed by atoms with E-state index in [1.54, 1.807) is 0 Å². The summed E-state index contributed by atoms with van der Waals surface area (Å²) in [4.78, 5) is 10.8. The van der Waals surface area contributed by atoms with Crippen molar-refractivity contribution >= 4 is 54.9 Å². The lowest BCUT2D eigenvalue weighted by Gasteiger charge is -2.34. The van der Waals surface area contributed by atoms with Crippen LogP contribution >= 0.6 is 0 Å². The number of fused-ring (bicyclic) bond motifs is 12. The number of rotatable bonds is 7. The fourth-order valence-electron chi connectivity index (χ4n) is 14.9. The van der Waals surface area contributed by atoms with Gasteiger partial charge >= 0.3 is 0 Å². The molecule has 382 valence electrons. The summed E-state index contributed by atoms with van der Waals surface area (Å²) >= 11 is 0. The Kier molecular flexibility index (Phi) is 9.19. The molecule has 6 aromatic heterocycles. The lowest BCUT2D eigenvalue weighted by atomic mass is 9.67. The van der Waals surface area contributed by atoms with Gasteiger partial charge < -0.3 is 0 Å². The molecule has 0 spiro atoms. The predicted molar refractivity (Wildman–Crippen MR) is 338 cm³/mol. The Balaban J connectivity index is 0.820. The highest BCUT2D eigenvalue weighted by Crippen LogP contribution is 2.58. The number of hydrogen-bond acceptors (Lipinski definition) is 2. The van der Waals surface area contributed by atoms with Gasteiger partial charge in [-0.05, 0) is 144 Å². The largest absolute Gasteiger partial charge is 0.292 e. The predicted octanol–water partition coefficient (Wildman–Crippen LogP) is 19.5. The van der Waals surface area contributed by atoms with E-state index >= 15 is 0 Å². The third-order valence-corrected chi connectivity index (χ3v) is 18.7. The molecule has 82 heavy (non-hydrogen) atoms. The fraction of sp³-hybridized carbons (Fsp3) is 0.0513. The van der Waals surface area contributed by atoms with Crippen molar-refractivity contribution in [1.29, 1.82) is 0 Å². The summed E-state index contributed by atoms with van der Waals surface area (Å²) in [5, 5.41) is 4.85. The highest BCUT2D eigenvalue weighted by Gasteiger charge is 2.46. The van der Waals surface area contributed by atoms with Crippen LogP contribution in [0.25, 0.3) is 133 Å². The second-order valence-electron chi connectivity index (χ2n) is 23.2. The second-order valence-corrected chi connectivity index (χ2v) is 23.2. The highest BCUT2D eigenvalue weighted by atomic mass is 15.0. The molecule has 18 rings (SSSR count). The second kappa shape index (κ2) is 16.6. The molecular weight excluding hydrogens is 993 g/mol. The molecule has 2 aliphatic rings. The molecule has 2 aliphatic carbocycles. The lowest BCUT2D eigenvalue weighted by molar-refractivity contribution is 0.660. The third kappa shape index (κ3) is 6.10. The Labute approximate surface area is 474 Å². The number of benzene rings is 10. The molecule has 0 N–H and O–H groups in total.